The van der Waals surface area contributed by atoms with Gasteiger partial charge in [-0.3, -0.25) is 14.4 Å². The summed E-state index contributed by atoms with van der Waals surface area (Å²) in [5.41, 5.74) is 0. The summed E-state index contributed by atoms with van der Waals surface area (Å²) in [6, 6.07) is 3.78. The van der Waals surface area contributed by atoms with Crippen LogP contribution in [0.2, 0.25) is 0 Å². The second kappa shape index (κ2) is 8.10. The molecule has 1 aromatic rings. The van der Waals surface area contributed by atoms with E-state index in [1.165, 1.54) is 11.3 Å². The molecular weight excluding hydrogens is 316 g/mol. The van der Waals surface area contributed by atoms with E-state index >= 15 is 0 Å². The van der Waals surface area contributed by atoms with Gasteiger partial charge in [0.1, 0.15) is 6.54 Å². The first-order valence-electron chi connectivity index (χ1n) is 7.77. The fourth-order valence-corrected chi connectivity index (χ4v) is 3.47. The summed E-state index contributed by atoms with van der Waals surface area (Å²) >= 11 is 1.30. The number of ether oxygens (including phenoxy) is 1. The molecule has 2 rings (SSSR count). The molecule has 1 N–H and O–H groups in total. The molecule has 1 aliphatic rings. The highest BCUT2D eigenvalue weighted by Crippen LogP contribution is 2.22. The largest absolute Gasteiger partial charge is 0.454 e. The fraction of sp³-hybridized carbons (Fsp3) is 0.562. The van der Waals surface area contributed by atoms with Crippen LogP contribution in [0.15, 0.2) is 17.5 Å². The van der Waals surface area contributed by atoms with E-state index < -0.39 is 5.97 Å². The van der Waals surface area contributed by atoms with Gasteiger partial charge in [0.15, 0.2) is 6.61 Å². The summed E-state index contributed by atoms with van der Waals surface area (Å²) in [7, 11) is 0. The van der Waals surface area contributed by atoms with Crippen molar-refractivity contribution in [3.8, 4) is 0 Å². The number of piperidine rings is 1. The van der Waals surface area contributed by atoms with Crippen LogP contribution in [0.4, 0.5) is 0 Å². The highest BCUT2D eigenvalue weighted by atomic mass is 32.1. The zero-order chi connectivity index (χ0) is 16.8. The molecule has 7 heteroatoms. The van der Waals surface area contributed by atoms with Gasteiger partial charge in [-0.25, -0.2) is 0 Å². The molecule has 1 fully saturated rings. The zero-order valence-electron chi connectivity index (χ0n) is 13.4. The number of hydrogen-bond acceptors (Lipinski definition) is 5. The summed E-state index contributed by atoms with van der Waals surface area (Å²) in [6.07, 6.45) is 3.06. The Morgan fingerprint density at radius 1 is 1.30 bits per heavy atom. The van der Waals surface area contributed by atoms with Gasteiger partial charge >= 0.3 is 5.97 Å². The van der Waals surface area contributed by atoms with Gasteiger partial charge in [-0.15, -0.1) is 11.3 Å². The molecule has 0 spiro atoms. The van der Waals surface area contributed by atoms with Crippen LogP contribution < -0.4 is 5.32 Å². The third-order valence-corrected chi connectivity index (χ3v) is 4.85. The molecule has 0 aliphatic carbocycles. The van der Waals surface area contributed by atoms with Gasteiger partial charge in [-0.2, -0.15) is 0 Å². The molecule has 1 aliphatic heterocycles. The highest BCUT2D eigenvalue weighted by Gasteiger charge is 2.29. The van der Waals surface area contributed by atoms with Crippen molar-refractivity contribution in [2.45, 2.75) is 45.2 Å². The molecule has 2 amide bonds. The monoisotopic (exact) mass is 338 g/mol. The predicted octanol–water partition coefficient (Wildman–Crippen LogP) is 1.81. The first kappa shape index (κ1) is 17.5. The van der Waals surface area contributed by atoms with E-state index in [-0.39, 0.29) is 37.0 Å². The van der Waals surface area contributed by atoms with Gasteiger partial charge in [-0.05, 0) is 44.6 Å². The Bertz CT molecular complexity index is 548. The lowest BCUT2D eigenvalue weighted by molar-refractivity contribution is -0.154. The standard InChI is InChI=1S/C16H22N2O4S/c1-11-5-3-6-12(2)18(11)14(19)10-22-15(20)9-17-16(21)13-7-4-8-23-13/h4,7-8,11-12H,3,5-6,9-10H2,1-2H3,(H,17,21)/t11-,12+. The Hall–Kier alpha value is -1.89. The van der Waals surface area contributed by atoms with Crippen LogP contribution in [0.5, 0.6) is 0 Å². The van der Waals surface area contributed by atoms with Crippen LogP contribution >= 0.6 is 11.3 Å². The minimum absolute atomic E-state index is 0.170. The van der Waals surface area contributed by atoms with Gasteiger partial charge < -0.3 is 15.0 Å². The number of carbonyl (C=O) groups is 3. The average Bonchev–Trinajstić information content (AvgIpc) is 3.05. The van der Waals surface area contributed by atoms with Crippen molar-refractivity contribution in [2.24, 2.45) is 0 Å². The minimum Gasteiger partial charge on any atom is -0.454 e. The van der Waals surface area contributed by atoms with Crippen molar-refractivity contribution in [1.82, 2.24) is 10.2 Å². The maximum absolute atomic E-state index is 12.2. The highest BCUT2D eigenvalue weighted by molar-refractivity contribution is 7.12. The molecule has 0 radical (unpaired) electrons. The van der Waals surface area contributed by atoms with Crippen molar-refractivity contribution in [3.63, 3.8) is 0 Å². The molecule has 2 heterocycles. The number of amides is 2. The van der Waals surface area contributed by atoms with E-state index in [2.05, 4.69) is 5.32 Å². The van der Waals surface area contributed by atoms with Crippen LogP contribution in [0.1, 0.15) is 42.8 Å². The third kappa shape index (κ3) is 4.79. The smallest absolute Gasteiger partial charge is 0.325 e. The van der Waals surface area contributed by atoms with E-state index in [1.54, 1.807) is 22.4 Å². The number of nitrogens with one attached hydrogen (secondary N) is 1. The van der Waals surface area contributed by atoms with E-state index in [1.807, 2.05) is 13.8 Å². The summed E-state index contributed by atoms with van der Waals surface area (Å²) in [4.78, 5) is 37.9. The quantitative estimate of drug-likeness (QED) is 0.831. The second-order valence-electron chi connectivity index (χ2n) is 5.75. The van der Waals surface area contributed by atoms with Gasteiger partial charge in [0.05, 0.1) is 4.88 Å². The minimum atomic E-state index is -0.611. The zero-order valence-corrected chi connectivity index (χ0v) is 14.2. The van der Waals surface area contributed by atoms with Crippen LogP contribution in [-0.4, -0.2) is 47.9 Å². The van der Waals surface area contributed by atoms with E-state index in [0.717, 1.165) is 19.3 Å². The maximum atomic E-state index is 12.2. The number of thiophene rings is 1. The summed E-state index contributed by atoms with van der Waals surface area (Å²) in [5, 5.41) is 4.26. The first-order valence-corrected chi connectivity index (χ1v) is 8.65. The Morgan fingerprint density at radius 3 is 2.61 bits per heavy atom. The molecule has 0 aromatic carbocycles. The van der Waals surface area contributed by atoms with Crippen LogP contribution in [0.3, 0.4) is 0 Å². The van der Waals surface area contributed by atoms with E-state index in [4.69, 9.17) is 4.74 Å². The van der Waals surface area contributed by atoms with Crippen LogP contribution in [0, 0.1) is 0 Å². The molecule has 0 unspecified atom stereocenters. The molecule has 0 saturated carbocycles. The number of carbonyl (C=O) groups excluding carboxylic acids is 3. The Balaban J connectivity index is 1.73. The predicted molar refractivity (Wildman–Crippen MR) is 87.2 cm³/mol. The molecule has 126 valence electrons. The molecule has 23 heavy (non-hydrogen) atoms. The molecule has 0 bridgehead atoms. The third-order valence-electron chi connectivity index (χ3n) is 3.98. The Kier molecular flexibility index (Phi) is 6.15. The summed E-state index contributed by atoms with van der Waals surface area (Å²) in [5.74, 6) is -1.11. The topological polar surface area (TPSA) is 75.7 Å². The molecule has 2 atom stereocenters. The lowest BCUT2D eigenvalue weighted by Gasteiger charge is -2.38. The van der Waals surface area contributed by atoms with Crippen molar-refractivity contribution < 1.29 is 19.1 Å². The van der Waals surface area contributed by atoms with Crippen LogP contribution in [-0.2, 0) is 14.3 Å². The summed E-state index contributed by atoms with van der Waals surface area (Å²) < 4.78 is 4.98. The first-order chi connectivity index (χ1) is 11.0. The SMILES string of the molecule is C[C@@H]1CCC[C@H](C)N1C(=O)COC(=O)CNC(=O)c1cccs1. The number of nitrogens with zero attached hydrogens (tertiary/aromatic N) is 1. The van der Waals surface area contributed by atoms with Crippen molar-refractivity contribution in [2.75, 3.05) is 13.2 Å². The summed E-state index contributed by atoms with van der Waals surface area (Å²) in [6.45, 7) is 3.50. The van der Waals surface area contributed by atoms with Crippen molar-refractivity contribution in [3.05, 3.63) is 22.4 Å². The molecule has 6 nitrogen and oxygen atoms in total. The van der Waals surface area contributed by atoms with Gasteiger partial charge in [0.25, 0.3) is 11.8 Å². The van der Waals surface area contributed by atoms with Gasteiger partial charge in [0, 0.05) is 12.1 Å². The van der Waals surface area contributed by atoms with E-state index in [0.29, 0.717) is 4.88 Å². The molecule has 1 saturated heterocycles. The Morgan fingerprint density at radius 2 is 2.00 bits per heavy atom. The lowest BCUT2D eigenvalue weighted by Crippen LogP contribution is -2.49. The Labute approximate surface area is 139 Å². The maximum Gasteiger partial charge on any atom is 0.325 e. The van der Waals surface area contributed by atoms with Gasteiger partial charge in [0.2, 0.25) is 0 Å². The van der Waals surface area contributed by atoms with Gasteiger partial charge in [-0.1, -0.05) is 6.07 Å². The van der Waals surface area contributed by atoms with E-state index in [9.17, 15) is 14.4 Å². The van der Waals surface area contributed by atoms with Crippen molar-refractivity contribution >= 4 is 29.1 Å². The number of likely N-dealkylation sites (tertiary alicyclic amines) is 1. The number of hydrogen-bond donors (Lipinski definition) is 1. The normalized spacial score (nSPS) is 20.9. The number of esters is 1. The lowest BCUT2D eigenvalue weighted by atomic mass is 9.97. The average molecular weight is 338 g/mol. The van der Waals surface area contributed by atoms with Crippen molar-refractivity contribution in [1.29, 1.82) is 0 Å². The fourth-order valence-electron chi connectivity index (χ4n) is 2.83. The number of rotatable bonds is 5. The molecular formula is C16H22N2O4S. The molecule has 1 aromatic heterocycles. The van der Waals surface area contributed by atoms with Crippen LogP contribution in [0.25, 0.3) is 0 Å². The second-order valence-corrected chi connectivity index (χ2v) is 6.70.